The van der Waals surface area contributed by atoms with Gasteiger partial charge in [-0.25, -0.2) is 4.98 Å². The molecule has 0 radical (unpaired) electrons. The highest BCUT2D eigenvalue weighted by Gasteiger charge is 2.06. The zero-order valence-corrected chi connectivity index (χ0v) is 15.7. The standard InChI is InChI=1S/C23H20N2S/c1-16-12-17(2)14-21(13-16)24-23-25-22(15-26-23)20-10-8-19(9-11-20)18-6-4-3-5-7-18/h3-15H,1-2H3,(H,24,25). The van der Waals surface area contributed by atoms with Crippen molar-refractivity contribution < 1.29 is 0 Å². The third-order valence-corrected chi connectivity index (χ3v) is 5.02. The summed E-state index contributed by atoms with van der Waals surface area (Å²) in [5.41, 5.74) is 8.17. The number of aryl methyl sites for hydroxylation is 2. The van der Waals surface area contributed by atoms with Crippen LogP contribution in [0.25, 0.3) is 22.4 Å². The number of nitrogens with one attached hydrogen (secondary N) is 1. The highest BCUT2D eigenvalue weighted by Crippen LogP contribution is 2.29. The minimum Gasteiger partial charge on any atom is -0.332 e. The summed E-state index contributed by atoms with van der Waals surface area (Å²) in [5, 5.41) is 6.43. The molecule has 3 heteroatoms. The normalized spacial score (nSPS) is 10.7. The van der Waals surface area contributed by atoms with Crippen LogP contribution in [0.3, 0.4) is 0 Å². The molecular formula is C23H20N2S. The van der Waals surface area contributed by atoms with E-state index in [-0.39, 0.29) is 0 Å². The first-order chi connectivity index (χ1) is 12.7. The number of hydrogen-bond acceptors (Lipinski definition) is 3. The molecule has 0 aliphatic carbocycles. The van der Waals surface area contributed by atoms with Gasteiger partial charge in [-0.2, -0.15) is 0 Å². The molecule has 3 aromatic carbocycles. The molecule has 0 atom stereocenters. The highest BCUT2D eigenvalue weighted by molar-refractivity contribution is 7.14. The van der Waals surface area contributed by atoms with Gasteiger partial charge in [0.1, 0.15) is 0 Å². The maximum absolute atomic E-state index is 4.74. The average Bonchev–Trinajstić information content (AvgIpc) is 3.10. The molecule has 0 bridgehead atoms. The molecule has 1 aromatic heterocycles. The Labute approximate surface area is 158 Å². The Hall–Kier alpha value is -2.91. The van der Waals surface area contributed by atoms with E-state index in [4.69, 9.17) is 4.98 Å². The molecule has 0 amide bonds. The van der Waals surface area contributed by atoms with Crippen LogP contribution in [0.15, 0.2) is 78.2 Å². The molecule has 0 saturated heterocycles. The van der Waals surface area contributed by atoms with Crippen LogP contribution in [-0.2, 0) is 0 Å². The molecule has 0 saturated carbocycles. The second kappa shape index (κ2) is 7.14. The van der Waals surface area contributed by atoms with Gasteiger partial charge in [0.05, 0.1) is 5.69 Å². The first kappa shape index (κ1) is 16.6. The fourth-order valence-electron chi connectivity index (χ4n) is 3.10. The Morgan fingerprint density at radius 3 is 2.04 bits per heavy atom. The molecule has 0 fully saturated rings. The third-order valence-electron chi connectivity index (χ3n) is 4.26. The number of hydrogen-bond donors (Lipinski definition) is 1. The van der Waals surface area contributed by atoms with Crippen molar-refractivity contribution in [3.05, 3.63) is 89.3 Å². The monoisotopic (exact) mass is 356 g/mol. The van der Waals surface area contributed by atoms with Crippen LogP contribution in [0.5, 0.6) is 0 Å². The predicted octanol–water partition coefficient (Wildman–Crippen LogP) is 6.84. The van der Waals surface area contributed by atoms with Gasteiger partial charge in [-0.3, -0.25) is 0 Å². The van der Waals surface area contributed by atoms with Crippen LogP contribution in [0.1, 0.15) is 11.1 Å². The first-order valence-corrected chi connectivity index (χ1v) is 9.52. The van der Waals surface area contributed by atoms with Crippen molar-refractivity contribution in [3.63, 3.8) is 0 Å². The van der Waals surface area contributed by atoms with E-state index < -0.39 is 0 Å². The van der Waals surface area contributed by atoms with E-state index in [1.54, 1.807) is 11.3 Å². The second-order valence-corrected chi connectivity index (χ2v) is 7.34. The molecule has 0 aliphatic rings. The van der Waals surface area contributed by atoms with Gasteiger partial charge < -0.3 is 5.32 Å². The number of benzene rings is 3. The van der Waals surface area contributed by atoms with Gasteiger partial charge in [-0.05, 0) is 48.2 Å². The van der Waals surface area contributed by atoms with E-state index >= 15 is 0 Å². The number of aromatic nitrogens is 1. The predicted molar refractivity (Wildman–Crippen MR) is 112 cm³/mol. The molecule has 0 aliphatic heterocycles. The fraction of sp³-hybridized carbons (Fsp3) is 0.0870. The maximum Gasteiger partial charge on any atom is 0.187 e. The second-order valence-electron chi connectivity index (χ2n) is 6.48. The van der Waals surface area contributed by atoms with Crippen molar-refractivity contribution in [1.29, 1.82) is 0 Å². The van der Waals surface area contributed by atoms with Gasteiger partial charge in [0.2, 0.25) is 0 Å². The minimum atomic E-state index is 0.914. The van der Waals surface area contributed by atoms with Gasteiger partial charge in [0.25, 0.3) is 0 Å². The van der Waals surface area contributed by atoms with E-state index in [2.05, 4.69) is 91.3 Å². The highest BCUT2D eigenvalue weighted by atomic mass is 32.1. The van der Waals surface area contributed by atoms with E-state index in [9.17, 15) is 0 Å². The smallest absolute Gasteiger partial charge is 0.187 e. The summed E-state index contributed by atoms with van der Waals surface area (Å²) < 4.78 is 0. The number of thiazole rings is 1. The Morgan fingerprint density at radius 2 is 1.35 bits per heavy atom. The van der Waals surface area contributed by atoms with Crippen molar-refractivity contribution in [2.75, 3.05) is 5.32 Å². The first-order valence-electron chi connectivity index (χ1n) is 8.64. The van der Waals surface area contributed by atoms with Crippen molar-refractivity contribution in [1.82, 2.24) is 4.98 Å². The lowest BCUT2D eigenvalue weighted by molar-refractivity contribution is 1.35. The van der Waals surface area contributed by atoms with Crippen LogP contribution in [0.2, 0.25) is 0 Å². The Balaban J connectivity index is 1.54. The summed E-state index contributed by atoms with van der Waals surface area (Å²) >= 11 is 1.63. The maximum atomic E-state index is 4.74. The van der Waals surface area contributed by atoms with Crippen LogP contribution in [-0.4, -0.2) is 4.98 Å². The zero-order valence-electron chi connectivity index (χ0n) is 14.9. The summed E-state index contributed by atoms with van der Waals surface area (Å²) in [7, 11) is 0. The number of anilines is 2. The molecule has 4 rings (SSSR count). The quantitative estimate of drug-likeness (QED) is 0.433. The van der Waals surface area contributed by atoms with E-state index in [0.29, 0.717) is 0 Å². The number of rotatable bonds is 4. The summed E-state index contributed by atoms with van der Waals surface area (Å²) in [5.74, 6) is 0. The van der Waals surface area contributed by atoms with Gasteiger partial charge in [-0.15, -0.1) is 11.3 Å². The topological polar surface area (TPSA) is 24.9 Å². The summed E-state index contributed by atoms with van der Waals surface area (Å²) in [6.45, 7) is 4.22. The van der Waals surface area contributed by atoms with Crippen LogP contribution >= 0.6 is 11.3 Å². The lowest BCUT2D eigenvalue weighted by atomic mass is 10.0. The molecule has 1 N–H and O–H groups in total. The zero-order chi connectivity index (χ0) is 17.9. The van der Waals surface area contributed by atoms with Crippen molar-refractivity contribution >= 4 is 22.2 Å². The SMILES string of the molecule is Cc1cc(C)cc(Nc2nc(-c3ccc(-c4ccccc4)cc3)cs2)c1. The minimum absolute atomic E-state index is 0.914. The van der Waals surface area contributed by atoms with Gasteiger partial charge >= 0.3 is 0 Å². The van der Waals surface area contributed by atoms with E-state index in [1.165, 1.54) is 22.3 Å². The van der Waals surface area contributed by atoms with Crippen LogP contribution in [0.4, 0.5) is 10.8 Å². The molecule has 0 unspecified atom stereocenters. The van der Waals surface area contributed by atoms with Gasteiger partial charge in [-0.1, -0.05) is 60.7 Å². The summed E-state index contributed by atoms with van der Waals surface area (Å²) in [4.78, 5) is 4.74. The van der Waals surface area contributed by atoms with Crippen molar-refractivity contribution in [3.8, 4) is 22.4 Å². The molecule has 128 valence electrons. The molecular weight excluding hydrogens is 336 g/mol. The lowest BCUT2D eigenvalue weighted by Crippen LogP contribution is -1.91. The van der Waals surface area contributed by atoms with E-state index in [1.807, 2.05) is 6.07 Å². The summed E-state index contributed by atoms with van der Waals surface area (Å²) in [6.07, 6.45) is 0. The van der Waals surface area contributed by atoms with Crippen LogP contribution in [0, 0.1) is 13.8 Å². The van der Waals surface area contributed by atoms with Crippen molar-refractivity contribution in [2.24, 2.45) is 0 Å². The lowest BCUT2D eigenvalue weighted by Gasteiger charge is -2.05. The van der Waals surface area contributed by atoms with E-state index in [0.717, 1.165) is 22.1 Å². The van der Waals surface area contributed by atoms with Gasteiger partial charge in [0, 0.05) is 16.6 Å². The molecule has 2 nitrogen and oxygen atoms in total. The molecule has 4 aromatic rings. The Bertz CT molecular complexity index is 998. The van der Waals surface area contributed by atoms with Crippen LogP contribution < -0.4 is 5.32 Å². The number of nitrogens with zero attached hydrogens (tertiary/aromatic N) is 1. The fourth-order valence-corrected chi connectivity index (χ4v) is 3.84. The largest absolute Gasteiger partial charge is 0.332 e. The average molecular weight is 356 g/mol. The van der Waals surface area contributed by atoms with Gasteiger partial charge in [0.15, 0.2) is 5.13 Å². The van der Waals surface area contributed by atoms with Crippen molar-refractivity contribution in [2.45, 2.75) is 13.8 Å². The Morgan fingerprint density at radius 1 is 0.731 bits per heavy atom. The Kier molecular flexibility index (Phi) is 4.55. The molecule has 26 heavy (non-hydrogen) atoms. The third kappa shape index (κ3) is 3.68. The summed E-state index contributed by atoms with van der Waals surface area (Å²) in [6, 6.07) is 25.5. The molecule has 1 heterocycles. The molecule has 0 spiro atoms.